The third-order valence-corrected chi connectivity index (χ3v) is 3.64. The highest BCUT2D eigenvalue weighted by Crippen LogP contribution is 2.23. The molecular formula is C17H22N2OS. The van der Waals surface area contributed by atoms with Gasteiger partial charge < -0.3 is 11.5 Å². The smallest absolute Gasteiger partial charge is 0.195 e. The molecule has 1 aromatic heterocycles. The van der Waals surface area contributed by atoms with Crippen LogP contribution in [-0.2, 0) is 0 Å². The Labute approximate surface area is 129 Å². The van der Waals surface area contributed by atoms with E-state index in [1.165, 1.54) is 0 Å². The zero-order valence-corrected chi connectivity index (χ0v) is 13.3. The van der Waals surface area contributed by atoms with Gasteiger partial charge in [0.2, 0.25) is 0 Å². The van der Waals surface area contributed by atoms with Crippen molar-refractivity contribution in [3.63, 3.8) is 0 Å². The molecule has 21 heavy (non-hydrogen) atoms. The van der Waals surface area contributed by atoms with Gasteiger partial charge in [0.25, 0.3) is 0 Å². The predicted molar refractivity (Wildman–Crippen MR) is 95.1 cm³/mol. The molecule has 0 saturated heterocycles. The Hall–Kier alpha value is -1.75. The molecule has 0 atom stereocenters. The van der Waals surface area contributed by atoms with E-state index in [0.717, 1.165) is 33.3 Å². The van der Waals surface area contributed by atoms with E-state index in [2.05, 4.69) is 0 Å². The highest BCUT2D eigenvalue weighted by atomic mass is 32.1. The predicted octanol–water partition coefficient (Wildman–Crippen LogP) is 3.34. The first-order valence-corrected chi connectivity index (χ1v) is 7.81. The summed E-state index contributed by atoms with van der Waals surface area (Å²) >= 11 is 1.67. The van der Waals surface area contributed by atoms with Crippen LogP contribution in [0.1, 0.15) is 13.8 Å². The van der Waals surface area contributed by atoms with Crippen LogP contribution in [0.15, 0.2) is 53.3 Å². The normalized spacial score (nSPS) is 9.52. The minimum atomic E-state index is 0.139. The molecule has 0 radical (unpaired) electrons. The van der Waals surface area contributed by atoms with E-state index in [4.69, 9.17) is 11.5 Å². The zero-order valence-electron chi connectivity index (χ0n) is 12.5. The number of hydrogen-bond donors (Lipinski definition) is 2. The van der Waals surface area contributed by atoms with Crippen molar-refractivity contribution in [2.45, 2.75) is 13.8 Å². The van der Waals surface area contributed by atoms with E-state index in [0.29, 0.717) is 0 Å². The molecule has 0 fully saturated rings. The number of nitrogens with two attached hydrogens (primary N) is 2. The van der Waals surface area contributed by atoms with Crippen LogP contribution >= 0.6 is 11.3 Å². The Balaban J connectivity index is 0.000000321. The lowest BCUT2D eigenvalue weighted by Gasteiger charge is -1.99. The van der Waals surface area contributed by atoms with Gasteiger partial charge in [0, 0.05) is 20.2 Å². The lowest BCUT2D eigenvalue weighted by Crippen LogP contribution is -1.99. The fraction of sp³-hybridized carbons (Fsp3) is 0.235. The first kappa shape index (κ1) is 17.3. The van der Waals surface area contributed by atoms with Gasteiger partial charge in [-0.2, -0.15) is 0 Å². The Kier molecular flexibility index (Phi) is 7.61. The molecule has 3 aromatic rings. The lowest BCUT2D eigenvalue weighted by atomic mass is 10.2. The molecule has 0 amide bonds. The SMILES string of the molecule is CCN.CCN.O=c1c2ccccc2sc2ccccc12. The monoisotopic (exact) mass is 302 g/mol. The van der Waals surface area contributed by atoms with Crippen LogP contribution in [0.5, 0.6) is 0 Å². The lowest BCUT2D eigenvalue weighted by molar-refractivity contribution is 1.14. The summed E-state index contributed by atoms with van der Waals surface area (Å²) in [4.78, 5) is 12.1. The maximum atomic E-state index is 12.1. The fourth-order valence-electron chi connectivity index (χ4n) is 1.75. The third kappa shape index (κ3) is 4.63. The zero-order chi connectivity index (χ0) is 15.7. The molecule has 112 valence electrons. The average Bonchev–Trinajstić information content (AvgIpc) is 2.49. The average molecular weight is 302 g/mol. The quantitative estimate of drug-likeness (QED) is 0.626. The van der Waals surface area contributed by atoms with Crippen molar-refractivity contribution in [1.82, 2.24) is 0 Å². The molecule has 0 bridgehead atoms. The Morgan fingerprint density at radius 2 is 1.14 bits per heavy atom. The van der Waals surface area contributed by atoms with E-state index in [1.807, 2.05) is 62.4 Å². The first-order valence-electron chi connectivity index (χ1n) is 7.00. The van der Waals surface area contributed by atoms with Gasteiger partial charge in [-0.25, -0.2) is 0 Å². The Morgan fingerprint density at radius 3 is 1.52 bits per heavy atom. The highest BCUT2D eigenvalue weighted by molar-refractivity contribution is 7.24. The molecule has 0 aliphatic rings. The summed E-state index contributed by atoms with van der Waals surface area (Å²) in [7, 11) is 0. The number of rotatable bonds is 0. The van der Waals surface area contributed by atoms with Crippen molar-refractivity contribution in [2.75, 3.05) is 13.1 Å². The molecule has 3 nitrogen and oxygen atoms in total. The molecule has 1 heterocycles. The van der Waals surface area contributed by atoms with E-state index in [9.17, 15) is 4.79 Å². The van der Waals surface area contributed by atoms with Crippen LogP contribution in [0, 0.1) is 0 Å². The van der Waals surface area contributed by atoms with E-state index >= 15 is 0 Å². The summed E-state index contributed by atoms with van der Waals surface area (Å²) < 4.78 is 2.11. The van der Waals surface area contributed by atoms with Crippen molar-refractivity contribution in [1.29, 1.82) is 0 Å². The van der Waals surface area contributed by atoms with Crippen LogP contribution in [0.25, 0.3) is 20.2 Å². The molecule has 4 heteroatoms. The third-order valence-electron chi connectivity index (χ3n) is 2.48. The van der Waals surface area contributed by atoms with Crippen molar-refractivity contribution in [3.8, 4) is 0 Å². The maximum Gasteiger partial charge on any atom is 0.195 e. The summed E-state index contributed by atoms with van der Waals surface area (Å²) in [6.45, 7) is 5.31. The van der Waals surface area contributed by atoms with Crippen LogP contribution in [0.3, 0.4) is 0 Å². The van der Waals surface area contributed by atoms with Gasteiger partial charge in [-0.05, 0) is 37.4 Å². The van der Waals surface area contributed by atoms with Crippen molar-refractivity contribution < 1.29 is 0 Å². The summed E-state index contributed by atoms with van der Waals surface area (Å²) in [5, 5.41) is 1.64. The van der Waals surface area contributed by atoms with Crippen LogP contribution < -0.4 is 16.9 Å². The largest absolute Gasteiger partial charge is 0.331 e. The minimum absolute atomic E-state index is 0.139. The summed E-state index contributed by atoms with van der Waals surface area (Å²) in [6.07, 6.45) is 0. The van der Waals surface area contributed by atoms with Gasteiger partial charge in [0.05, 0.1) is 0 Å². The van der Waals surface area contributed by atoms with E-state index in [1.54, 1.807) is 11.3 Å². The van der Waals surface area contributed by atoms with Crippen molar-refractivity contribution >= 4 is 31.5 Å². The minimum Gasteiger partial charge on any atom is -0.331 e. The van der Waals surface area contributed by atoms with Crippen LogP contribution in [0.4, 0.5) is 0 Å². The van der Waals surface area contributed by atoms with Crippen molar-refractivity contribution in [3.05, 3.63) is 58.8 Å². The number of benzene rings is 2. The standard InChI is InChI=1S/C13H8OS.2C2H7N/c14-13-9-5-1-3-7-11(9)15-12-8-4-2-6-10(12)13;2*1-2-3/h1-8H;2*2-3H2,1H3. The number of hydrogen-bond acceptors (Lipinski definition) is 4. The Bertz CT molecular complexity index is 678. The molecule has 0 unspecified atom stereocenters. The van der Waals surface area contributed by atoms with Gasteiger partial charge in [0.15, 0.2) is 5.43 Å². The molecule has 0 aliphatic heterocycles. The molecular weight excluding hydrogens is 280 g/mol. The van der Waals surface area contributed by atoms with Gasteiger partial charge in [0.1, 0.15) is 0 Å². The molecule has 3 rings (SSSR count). The summed E-state index contributed by atoms with van der Waals surface area (Å²) in [5.74, 6) is 0. The van der Waals surface area contributed by atoms with Gasteiger partial charge in [-0.1, -0.05) is 38.1 Å². The second-order valence-electron chi connectivity index (χ2n) is 4.24. The molecule has 0 spiro atoms. The molecule has 0 saturated carbocycles. The summed E-state index contributed by atoms with van der Waals surface area (Å²) in [6, 6.07) is 15.5. The number of fused-ring (bicyclic) bond motifs is 2. The highest BCUT2D eigenvalue weighted by Gasteiger charge is 2.03. The van der Waals surface area contributed by atoms with Crippen molar-refractivity contribution in [2.24, 2.45) is 11.5 Å². The van der Waals surface area contributed by atoms with Crippen LogP contribution in [0.2, 0.25) is 0 Å². The second-order valence-corrected chi connectivity index (χ2v) is 5.32. The molecule has 2 aromatic carbocycles. The summed E-state index contributed by atoms with van der Waals surface area (Å²) in [5.41, 5.74) is 9.83. The topological polar surface area (TPSA) is 69.1 Å². The van der Waals surface area contributed by atoms with Crippen LogP contribution in [-0.4, -0.2) is 13.1 Å². The van der Waals surface area contributed by atoms with E-state index in [-0.39, 0.29) is 5.43 Å². The molecule has 0 aliphatic carbocycles. The van der Waals surface area contributed by atoms with Gasteiger partial charge in [-0.15, -0.1) is 11.3 Å². The fourth-order valence-corrected chi connectivity index (χ4v) is 2.82. The maximum absolute atomic E-state index is 12.1. The van der Waals surface area contributed by atoms with E-state index < -0.39 is 0 Å². The Morgan fingerprint density at radius 1 is 0.810 bits per heavy atom. The van der Waals surface area contributed by atoms with Gasteiger partial charge in [-0.3, -0.25) is 4.79 Å². The second kappa shape index (κ2) is 9.23. The first-order chi connectivity index (χ1) is 10.2. The van der Waals surface area contributed by atoms with Gasteiger partial charge >= 0.3 is 0 Å². The molecule has 4 N–H and O–H groups in total.